The molecule has 44 heavy (non-hydrogen) atoms. The van der Waals surface area contributed by atoms with Crippen LogP contribution in [0.15, 0.2) is 82.6 Å². The number of anilines is 2. The van der Waals surface area contributed by atoms with Crippen LogP contribution in [0.25, 0.3) is 0 Å². The molecule has 0 aliphatic carbocycles. The Hall–Kier alpha value is -4.55. The van der Waals surface area contributed by atoms with E-state index in [0.29, 0.717) is 26.8 Å². The van der Waals surface area contributed by atoms with Gasteiger partial charge in [-0.15, -0.1) is 0 Å². The predicted octanol–water partition coefficient (Wildman–Crippen LogP) is 4.97. The van der Waals surface area contributed by atoms with E-state index in [1.54, 1.807) is 31.2 Å². The summed E-state index contributed by atoms with van der Waals surface area (Å²) in [6.45, 7) is 3.54. The molecule has 0 radical (unpaired) electrons. The highest BCUT2D eigenvalue weighted by Crippen LogP contribution is 2.53. The zero-order chi connectivity index (χ0) is 31.1. The van der Waals surface area contributed by atoms with E-state index in [4.69, 9.17) is 4.74 Å². The summed E-state index contributed by atoms with van der Waals surface area (Å²) in [7, 11) is 0. The second kappa shape index (κ2) is 11.9. The Morgan fingerprint density at radius 2 is 1.61 bits per heavy atom. The number of halogens is 1. The van der Waals surface area contributed by atoms with Crippen molar-refractivity contribution in [1.82, 2.24) is 4.57 Å². The van der Waals surface area contributed by atoms with Crippen molar-refractivity contribution >= 4 is 58.2 Å². The van der Waals surface area contributed by atoms with E-state index in [-0.39, 0.29) is 18.7 Å². The Bertz CT molecular complexity index is 1830. The number of aryl methyl sites for hydroxylation is 1. The van der Waals surface area contributed by atoms with Crippen LogP contribution in [-0.4, -0.2) is 40.1 Å². The highest BCUT2D eigenvalue weighted by Gasteiger charge is 2.56. The lowest BCUT2D eigenvalue weighted by Crippen LogP contribution is -2.33. The fraction of sp³-hybridized carbons (Fsp3) is 0.219. The molecule has 3 aromatic carbocycles. The molecule has 1 aromatic heterocycles. The van der Waals surface area contributed by atoms with Gasteiger partial charge in [0.05, 0.1) is 28.8 Å². The third-order valence-corrected chi connectivity index (χ3v) is 10.2. The van der Waals surface area contributed by atoms with E-state index in [9.17, 15) is 28.4 Å². The summed E-state index contributed by atoms with van der Waals surface area (Å²) < 4.78 is 20.3. The second-order valence-electron chi connectivity index (χ2n) is 10.4. The first-order valence-electron chi connectivity index (χ1n) is 13.8. The number of esters is 1. The molecular weight excluding hydrogens is 605 g/mol. The molecule has 3 heterocycles. The number of nitrogens with zero attached hydrogens (tertiary/aromatic N) is 2. The van der Waals surface area contributed by atoms with Crippen LogP contribution in [-0.2, 0) is 25.7 Å². The molecule has 3 atom stereocenters. The van der Waals surface area contributed by atoms with Crippen LogP contribution in [0.2, 0.25) is 0 Å². The number of nitrogens with one attached hydrogen (secondary N) is 1. The fourth-order valence-electron chi connectivity index (χ4n) is 5.48. The molecule has 9 nitrogen and oxygen atoms in total. The van der Waals surface area contributed by atoms with Crippen molar-refractivity contribution in [1.29, 1.82) is 0 Å². The largest absolute Gasteiger partial charge is 0.462 e. The first-order valence-corrected chi connectivity index (χ1v) is 15.5. The fourth-order valence-corrected chi connectivity index (χ4v) is 8.25. The van der Waals surface area contributed by atoms with Crippen LogP contribution >= 0.6 is 23.1 Å². The smallest absolute Gasteiger partial charge is 0.338 e. The quantitative estimate of drug-likeness (QED) is 0.226. The van der Waals surface area contributed by atoms with Gasteiger partial charge in [0.1, 0.15) is 17.6 Å². The van der Waals surface area contributed by atoms with Gasteiger partial charge in [0, 0.05) is 16.5 Å². The van der Waals surface area contributed by atoms with Gasteiger partial charge in [0.25, 0.3) is 0 Å². The summed E-state index contributed by atoms with van der Waals surface area (Å²) >= 11 is 2.00. The maximum absolute atomic E-state index is 14.0. The number of thiazole rings is 1. The number of thioether (sulfide) groups is 1. The van der Waals surface area contributed by atoms with Crippen molar-refractivity contribution < 1.29 is 28.3 Å². The summed E-state index contributed by atoms with van der Waals surface area (Å²) in [4.78, 5) is 67.6. The standard InChI is InChI=1S/C32H26FN3O6S2/c1-3-42-31(40)19-8-14-22(15-9-19)36-28(38)25-24(18-6-10-20(33)11-7-18)27-30(43-26(25)29(36)39)35(32(41)44-27)16-23(37)34-21-12-4-17(2)5-13-21/h4-15,24-26H,3,16H2,1-2H3,(H,34,37)/t24-,25?,26?/m0/s1. The van der Waals surface area contributed by atoms with Crippen LogP contribution in [0.5, 0.6) is 0 Å². The number of fused-ring (bicyclic) bond motifs is 2. The number of amides is 3. The van der Waals surface area contributed by atoms with Crippen LogP contribution in [0, 0.1) is 18.7 Å². The van der Waals surface area contributed by atoms with Gasteiger partial charge in [-0.1, -0.05) is 52.9 Å². The summed E-state index contributed by atoms with van der Waals surface area (Å²) in [6, 6.07) is 18.9. The normalized spacial score (nSPS) is 19.0. The average molecular weight is 632 g/mol. The third kappa shape index (κ3) is 5.35. The molecule has 3 amide bonds. The number of hydrogen-bond donors (Lipinski definition) is 1. The van der Waals surface area contributed by atoms with Crippen LogP contribution < -0.4 is 15.1 Å². The molecule has 2 aliphatic rings. The average Bonchev–Trinajstić information content (AvgIpc) is 3.45. The summed E-state index contributed by atoms with van der Waals surface area (Å²) in [5, 5.41) is 2.31. The molecular formula is C32H26FN3O6S2. The number of ether oxygens (including phenoxy) is 1. The zero-order valence-electron chi connectivity index (χ0n) is 23.6. The molecule has 224 valence electrons. The van der Waals surface area contributed by atoms with Gasteiger partial charge in [-0.05, 0) is 67.9 Å². The van der Waals surface area contributed by atoms with Gasteiger partial charge in [-0.3, -0.25) is 23.7 Å². The minimum absolute atomic E-state index is 0.206. The maximum atomic E-state index is 14.0. The van der Waals surface area contributed by atoms with E-state index < -0.39 is 51.5 Å². The van der Waals surface area contributed by atoms with E-state index in [2.05, 4.69) is 5.32 Å². The van der Waals surface area contributed by atoms with Crippen molar-refractivity contribution in [2.45, 2.75) is 36.6 Å². The second-order valence-corrected chi connectivity index (χ2v) is 12.5. The van der Waals surface area contributed by atoms with Gasteiger partial charge < -0.3 is 10.1 Å². The number of carbonyl (C=O) groups excluding carboxylic acids is 4. The minimum Gasteiger partial charge on any atom is -0.462 e. The minimum atomic E-state index is -0.907. The molecule has 0 bridgehead atoms. The third-order valence-electron chi connectivity index (χ3n) is 7.55. The van der Waals surface area contributed by atoms with Gasteiger partial charge in [-0.2, -0.15) is 0 Å². The molecule has 1 saturated heterocycles. The predicted molar refractivity (Wildman–Crippen MR) is 165 cm³/mol. The Labute approximate surface area is 259 Å². The van der Waals surface area contributed by atoms with Crippen LogP contribution in [0.1, 0.15) is 39.2 Å². The lowest BCUT2D eigenvalue weighted by atomic mass is 9.83. The zero-order valence-corrected chi connectivity index (χ0v) is 25.2. The van der Waals surface area contributed by atoms with E-state index >= 15 is 0 Å². The summed E-state index contributed by atoms with van der Waals surface area (Å²) in [6.07, 6.45) is 0. The van der Waals surface area contributed by atoms with E-state index in [1.807, 2.05) is 19.1 Å². The highest BCUT2D eigenvalue weighted by molar-refractivity contribution is 8.00. The topological polar surface area (TPSA) is 115 Å². The van der Waals surface area contributed by atoms with Gasteiger partial charge >= 0.3 is 10.8 Å². The number of benzene rings is 3. The number of hydrogen-bond acceptors (Lipinski definition) is 8. The monoisotopic (exact) mass is 631 g/mol. The Morgan fingerprint density at radius 3 is 2.27 bits per heavy atom. The molecule has 0 spiro atoms. The van der Waals surface area contributed by atoms with Crippen molar-refractivity contribution in [2.24, 2.45) is 5.92 Å². The first-order chi connectivity index (χ1) is 21.2. The summed E-state index contributed by atoms with van der Waals surface area (Å²) in [5.74, 6) is -3.98. The number of rotatable bonds is 7. The van der Waals surface area contributed by atoms with Crippen molar-refractivity contribution in [3.63, 3.8) is 0 Å². The van der Waals surface area contributed by atoms with E-state index in [1.165, 1.54) is 41.0 Å². The maximum Gasteiger partial charge on any atom is 0.338 e. The molecule has 4 aromatic rings. The molecule has 12 heteroatoms. The van der Waals surface area contributed by atoms with Gasteiger partial charge in [0.2, 0.25) is 17.7 Å². The van der Waals surface area contributed by atoms with Gasteiger partial charge in [0.15, 0.2) is 0 Å². The number of carbonyl (C=O) groups is 4. The molecule has 1 fully saturated rings. The molecule has 6 rings (SSSR count). The van der Waals surface area contributed by atoms with Crippen molar-refractivity contribution in [3.8, 4) is 0 Å². The van der Waals surface area contributed by atoms with Gasteiger partial charge in [-0.25, -0.2) is 14.1 Å². The lowest BCUT2D eigenvalue weighted by molar-refractivity contribution is -0.122. The SMILES string of the molecule is CCOC(=O)c1ccc(N2C(=O)C3Sc4c(sc(=O)n4CC(=O)Nc4ccc(C)cc4)[C@@H](c4ccc(F)cc4)C3C2=O)cc1. The van der Waals surface area contributed by atoms with Crippen molar-refractivity contribution in [3.05, 3.63) is 110 Å². The van der Waals surface area contributed by atoms with Crippen molar-refractivity contribution in [2.75, 3.05) is 16.8 Å². The van der Waals surface area contributed by atoms with E-state index in [0.717, 1.165) is 33.6 Å². The Kier molecular flexibility index (Phi) is 7.95. The molecule has 1 N–H and O–H groups in total. The lowest BCUT2D eigenvalue weighted by Gasteiger charge is -2.30. The van der Waals surface area contributed by atoms with Crippen LogP contribution in [0.4, 0.5) is 15.8 Å². The first kappa shape index (κ1) is 29.5. The Balaban J connectivity index is 1.36. The molecule has 0 saturated carbocycles. The summed E-state index contributed by atoms with van der Waals surface area (Å²) in [5.41, 5.74) is 2.75. The highest BCUT2D eigenvalue weighted by atomic mass is 32.2. The molecule has 2 unspecified atom stereocenters. The van der Waals surface area contributed by atoms with Crippen LogP contribution in [0.3, 0.4) is 0 Å². The number of imide groups is 1. The Morgan fingerprint density at radius 1 is 0.932 bits per heavy atom. The number of aromatic nitrogens is 1. The molecule has 2 aliphatic heterocycles.